The van der Waals surface area contributed by atoms with Crippen molar-refractivity contribution in [1.82, 2.24) is 20.4 Å². The third kappa shape index (κ3) is 3.26. The van der Waals surface area contributed by atoms with Crippen molar-refractivity contribution in [3.63, 3.8) is 0 Å². The van der Waals surface area contributed by atoms with Crippen LogP contribution in [0.5, 0.6) is 0 Å². The van der Waals surface area contributed by atoms with Crippen LogP contribution in [0.25, 0.3) is 11.4 Å². The van der Waals surface area contributed by atoms with E-state index in [2.05, 4.69) is 43.2 Å². The Bertz CT molecular complexity index is 586. The minimum absolute atomic E-state index is 0.510. The zero-order chi connectivity index (χ0) is 13.9. The molecule has 0 saturated carbocycles. The Balaban J connectivity index is 1.70. The molecule has 1 N–H and O–H groups in total. The lowest BCUT2D eigenvalue weighted by Gasteiger charge is -2.30. The molecule has 0 bridgehead atoms. The van der Waals surface area contributed by atoms with Crippen LogP contribution in [0.15, 0.2) is 33.3 Å². The molecule has 1 aliphatic heterocycles. The Hall–Kier alpha value is -1.24. The van der Waals surface area contributed by atoms with Crippen molar-refractivity contribution in [2.24, 2.45) is 0 Å². The largest absolute Gasteiger partial charge is 0.338 e. The predicted octanol–water partition coefficient (Wildman–Crippen LogP) is 2.29. The Morgan fingerprint density at radius 1 is 1.50 bits per heavy atom. The average Bonchev–Trinajstić information content (AvgIpc) is 2.87. The second-order valence-corrected chi connectivity index (χ2v) is 6.03. The first-order valence-corrected chi connectivity index (χ1v) is 7.54. The first kappa shape index (κ1) is 13.7. The van der Waals surface area contributed by atoms with Crippen LogP contribution in [0.3, 0.4) is 0 Å². The van der Waals surface area contributed by atoms with Gasteiger partial charge in [-0.1, -0.05) is 33.2 Å². The van der Waals surface area contributed by atoms with E-state index in [1.807, 2.05) is 24.3 Å². The van der Waals surface area contributed by atoms with Crippen molar-refractivity contribution >= 4 is 15.9 Å². The fourth-order valence-electron chi connectivity index (χ4n) is 2.41. The second kappa shape index (κ2) is 6.03. The van der Waals surface area contributed by atoms with Gasteiger partial charge in [0.15, 0.2) is 0 Å². The molecule has 1 atom stereocenters. The van der Waals surface area contributed by atoms with Crippen LogP contribution in [0.2, 0.25) is 0 Å². The summed E-state index contributed by atoms with van der Waals surface area (Å²) in [5.74, 6) is 1.32. The maximum absolute atomic E-state index is 5.36. The molecule has 0 amide bonds. The first-order chi connectivity index (χ1) is 9.70. The Morgan fingerprint density at radius 2 is 2.40 bits per heavy atom. The van der Waals surface area contributed by atoms with Gasteiger partial charge in [-0.25, -0.2) is 0 Å². The van der Waals surface area contributed by atoms with Gasteiger partial charge in [-0.15, -0.1) is 0 Å². The van der Waals surface area contributed by atoms with Crippen molar-refractivity contribution in [2.45, 2.75) is 19.5 Å². The Labute approximate surface area is 126 Å². The summed E-state index contributed by atoms with van der Waals surface area (Å²) in [7, 11) is 0. The molecule has 2 heterocycles. The van der Waals surface area contributed by atoms with Crippen LogP contribution < -0.4 is 5.32 Å². The highest BCUT2D eigenvalue weighted by molar-refractivity contribution is 9.10. The number of nitrogens with zero attached hydrogens (tertiary/aromatic N) is 3. The number of rotatable bonds is 3. The SMILES string of the molecule is C[C@H]1CN(Cc2nc(-c3cccc(Br)c3)no2)CCN1. The molecular weight excluding hydrogens is 320 g/mol. The molecule has 0 aliphatic carbocycles. The van der Waals surface area contributed by atoms with E-state index < -0.39 is 0 Å². The van der Waals surface area contributed by atoms with Crippen LogP contribution in [0.4, 0.5) is 0 Å². The molecule has 106 valence electrons. The third-order valence-electron chi connectivity index (χ3n) is 3.36. The van der Waals surface area contributed by atoms with E-state index in [0.717, 1.165) is 29.7 Å². The zero-order valence-electron chi connectivity index (χ0n) is 11.3. The van der Waals surface area contributed by atoms with Gasteiger partial charge >= 0.3 is 0 Å². The predicted molar refractivity (Wildman–Crippen MR) is 80.2 cm³/mol. The van der Waals surface area contributed by atoms with Gasteiger partial charge in [0.2, 0.25) is 11.7 Å². The van der Waals surface area contributed by atoms with Gasteiger partial charge in [-0.2, -0.15) is 4.98 Å². The standard InChI is InChI=1S/C14H17BrN4O/c1-10-8-19(6-5-16-10)9-13-17-14(18-20-13)11-3-2-4-12(15)7-11/h2-4,7,10,16H,5-6,8-9H2,1H3/t10-/m0/s1. The summed E-state index contributed by atoms with van der Waals surface area (Å²) in [6.07, 6.45) is 0. The molecule has 0 radical (unpaired) electrons. The van der Waals surface area contributed by atoms with Crippen LogP contribution in [-0.2, 0) is 6.54 Å². The van der Waals surface area contributed by atoms with Gasteiger partial charge in [0.25, 0.3) is 0 Å². The summed E-state index contributed by atoms with van der Waals surface area (Å²) < 4.78 is 6.37. The number of halogens is 1. The number of piperazine rings is 1. The van der Waals surface area contributed by atoms with Crippen molar-refractivity contribution in [3.05, 3.63) is 34.6 Å². The van der Waals surface area contributed by atoms with Gasteiger partial charge in [0, 0.05) is 35.7 Å². The lowest BCUT2D eigenvalue weighted by atomic mass is 10.2. The summed E-state index contributed by atoms with van der Waals surface area (Å²) in [5, 5.41) is 7.48. The van der Waals surface area contributed by atoms with Gasteiger partial charge in [-0.3, -0.25) is 4.90 Å². The molecule has 1 aromatic heterocycles. The minimum atomic E-state index is 0.510. The fraction of sp³-hybridized carbons (Fsp3) is 0.429. The minimum Gasteiger partial charge on any atom is -0.338 e. The molecule has 1 saturated heterocycles. The number of nitrogens with one attached hydrogen (secondary N) is 1. The highest BCUT2D eigenvalue weighted by atomic mass is 79.9. The van der Waals surface area contributed by atoms with E-state index in [0.29, 0.717) is 24.3 Å². The second-order valence-electron chi connectivity index (χ2n) is 5.11. The molecule has 0 unspecified atom stereocenters. The smallest absolute Gasteiger partial charge is 0.241 e. The quantitative estimate of drug-likeness (QED) is 0.931. The zero-order valence-corrected chi connectivity index (χ0v) is 12.9. The molecule has 20 heavy (non-hydrogen) atoms. The maximum Gasteiger partial charge on any atom is 0.241 e. The highest BCUT2D eigenvalue weighted by Crippen LogP contribution is 2.20. The summed E-state index contributed by atoms with van der Waals surface area (Å²) in [6, 6.07) is 8.42. The normalized spacial score (nSPS) is 20.2. The molecule has 5 nitrogen and oxygen atoms in total. The van der Waals surface area contributed by atoms with E-state index >= 15 is 0 Å². The topological polar surface area (TPSA) is 54.2 Å². The van der Waals surface area contributed by atoms with Crippen molar-refractivity contribution < 1.29 is 4.52 Å². The summed E-state index contributed by atoms with van der Waals surface area (Å²) in [5.41, 5.74) is 0.961. The molecule has 1 aliphatic rings. The number of aromatic nitrogens is 2. The van der Waals surface area contributed by atoms with Gasteiger partial charge in [0.05, 0.1) is 6.54 Å². The van der Waals surface area contributed by atoms with E-state index in [-0.39, 0.29) is 0 Å². The van der Waals surface area contributed by atoms with Crippen molar-refractivity contribution in [3.8, 4) is 11.4 Å². The molecule has 1 aromatic carbocycles. The molecule has 2 aromatic rings. The Morgan fingerprint density at radius 3 is 3.20 bits per heavy atom. The number of hydrogen-bond donors (Lipinski definition) is 1. The van der Waals surface area contributed by atoms with Crippen LogP contribution in [0.1, 0.15) is 12.8 Å². The van der Waals surface area contributed by atoms with E-state index in [4.69, 9.17) is 4.52 Å². The monoisotopic (exact) mass is 336 g/mol. The first-order valence-electron chi connectivity index (χ1n) is 6.75. The summed E-state index contributed by atoms with van der Waals surface area (Å²) >= 11 is 3.45. The fourth-order valence-corrected chi connectivity index (χ4v) is 2.81. The van der Waals surface area contributed by atoms with Gasteiger partial charge in [-0.05, 0) is 19.1 Å². The molecule has 3 rings (SSSR count). The van der Waals surface area contributed by atoms with E-state index in [9.17, 15) is 0 Å². The molecule has 6 heteroatoms. The molecule has 1 fully saturated rings. The molecular formula is C14H17BrN4O. The number of benzene rings is 1. The van der Waals surface area contributed by atoms with Crippen LogP contribution >= 0.6 is 15.9 Å². The third-order valence-corrected chi connectivity index (χ3v) is 3.86. The number of hydrogen-bond acceptors (Lipinski definition) is 5. The van der Waals surface area contributed by atoms with Crippen molar-refractivity contribution in [2.75, 3.05) is 19.6 Å². The summed E-state index contributed by atoms with van der Waals surface area (Å²) in [6.45, 7) is 5.93. The van der Waals surface area contributed by atoms with Gasteiger partial charge < -0.3 is 9.84 Å². The molecule has 0 spiro atoms. The highest BCUT2D eigenvalue weighted by Gasteiger charge is 2.18. The van der Waals surface area contributed by atoms with Crippen LogP contribution in [0, 0.1) is 0 Å². The average molecular weight is 337 g/mol. The van der Waals surface area contributed by atoms with E-state index in [1.54, 1.807) is 0 Å². The van der Waals surface area contributed by atoms with Crippen LogP contribution in [-0.4, -0.2) is 40.7 Å². The lowest BCUT2D eigenvalue weighted by Crippen LogP contribution is -2.48. The van der Waals surface area contributed by atoms with Gasteiger partial charge in [0.1, 0.15) is 0 Å². The van der Waals surface area contributed by atoms with E-state index in [1.165, 1.54) is 0 Å². The lowest BCUT2D eigenvalue weighted by molar-refractivity contribution is 0.177. The summed E-state index contributed by atoms with van der Waals surface area (Å²) in [4.78, 5) is 6.81. The Kier molecular flexibility index (Phi) is 4.14. The maximum atomic E-state index is 5.36. The van der Waals surface area contributed by atoms with Crippen molar-refractivity contribution in [1.29, 1.82) is 0 Å².